The lowest BCUT2D eigenvalue weighted by Crippen LogP contribution is -2.21. The lowest BCUT2D eigenvalue weighted by Gasteiger charge is -2.21. The molecule has 0 saturated heterocycles. The van der Waals surface area contributed by atoms with Gasteiger partial charge in [-0.2, -0.15) is 0 Å². The fraction of sp³-hybridized carbons (Fsp3) is 0.571. The predicted octanol–water partition coefficient (Wildman–Crippen LogP) is 4.87. The van der Waals surface area contributed by atoms with Gasteiger partial charge in [-0.3, -0.25) is 10.1 Å². The van der Waals surface area contributed by atoms with Gasteiger partial charge in [0.1, 0.15) is 5.69 Å². The molecule has 4 nitrogen and oxygen atoms in total. The molecule has 106 valence electrons. The molecule has 0 spiro atoms. The van der Waals surface area contributed by atoms with Crippen LogP contribution in [-0.2, 0) is 0 Å². The van der Waals surface area contributed by atoms with E-state index in [1.807, 2.05) is 0 Å². The second-order valence-corrected chi connectivity index (χ2v) is 5.35. The third kappa shape index (κ3) is 4.71. The van der Waals surface area contributed by atoms with Crippen LogP contribution in [0.5, 0.6) is 0 Å². The summed E-state index contributed by atoms with van der Waals surface area (Å²) in [6.07, 6.45) is 3.03. The Kier molecular flexibility index (Phi) is 6.09. The molecule has 19 heavy (non-hydrogen) atoms. The van der Waals surface area contributed by atoms with Crippen LogP contribution < -0.4 is 5.32 Å². The van der Waals surface area contributed by atoms with Crippen molar-refractivity contribution in [1.29, 1.82) is 0 Å². The van der Waals surface area contributed by atoms with Gasteiger partial charge in [0.25, 0.3) is 5.69 Å². The van der Waals surface area contributed by atoms with Crippen molar-refractivity contribution in [3.8, 4) is 0 Å². The Balaban J connectivity index is 2.89. The smallest absolute Gasteiger partial charge is 0.292 e. The van der Waals surface area contributed by atoms with E-state index in [9.17, 15) is 10.1 Å². The molecule has 2 unspecified atom stereocenters. The van der Waals surface area contributed by atoms with Crippen molar-refractivity contribution in [2.75, 3.05) is 5.32 Å². The Labute approximate surface area is 119 Å². The lowest BCUT2D eigenvalue weighted by molar-refractivity contribution is -0.384. The van der Waals surface area contributed by atoms with E-state index < -0.39 is 0 Å². The zero-order chi connectivity index (χ0) is 14.4. The van der Waals surface area contributed by atoms with Gasteiger partial charge in [-0.1, -0.05) is 38.8 Å². The predicted molar refractivity (Wildman–Crippen MR) is 79.9 cm³/mol. The van der Waals surface area contributed by atoms with Crippen LogP contribution in [0.2, 0.25) is 5.02 Å². The highest BCUT2D eigenvalue weighted by atomic mass is 35.5. The van der Waals surface area contributed by atoms with Gasteiger partial charge in [0, 0.05) is 17.1 Å². The van der Waals surface area contributed by atoms with E-state index in [-0.39, 0.29) is 16.7 Å². The van der Waals surface area contributed by atoms with Crippen LogP contribution in [0.25, 0.3) is 0 Å². The molecule has 1 aromatic rings. The molecule has 0 heterocycles. The van der Waals surface area contributed by atoms with Crippen molar-refractivity contribution in [3.63, 3.8) is 0 Å². The summed E-state index contributed by atoms with van der Waals surface area (Å²) in [5.74, 6) is 0.593. The standard InChI is InChI=1S/C14H21ClN2O2/c1-4-10(3)8-12(5-2)16-13-9-11(15)6-7-14(13)17(18)19/h6-7,9-10,12,16H,4-5,8H2,1-3H3. The summed E-state index contributed by atoms with van der Waals surface area (Å²) >= 11 is 5.92. The lowest BCUT2D eigenvalue weighted by atomic mass is 9.97. The highest BCUT2D eigenvalue weighted by Crippen LogP contribution is 2.29. The van der Waals surface area contributed by atoms with Gasteiger partial charge in [-0.15, -0.1) is 0 Å². The highest BCUT2D eigenvalue weighted by Gasteiger charge is 2.18. The molecule has 0 fully saturated rings. The molecule has 5 heteroatoms. The number of hydrogen-bond acceptors (Lipinski definition) is 3. The topological polar surface area (TPSA) is 55.2 Å². The van der Waals surface area contributed by atoms with Crippen molar-refractivity contribution in [3.05, 3.63) is 33.3 Å². The number of anilines is 1. The number of rotatable bonds is 7. The van der Waals surface area contributed by atoms with Crippen LogP contribution in [0.1, 0.15) is 40.0 Å². The normalized spacial score (nSPS) is 13.9. The van der Waals surface area contributed by atoms with Gasteiger partial charge >= 0.3 is 0 Å². The first-order valence-corrected chi connectivity index (χ1v) is 7.06. The van der Waals surface area contributed by atoms with Crippen LogP contribution >= 0.6 is 11.6 Å². The fourth-order valence-electron chi connectivity index (χ4n) is 1.98. The van der Waals surface area contributed by atoms with E-state index >= 15 is 0 Å². The monoisotopic (exact) mass is 284 g/mol. The Morgan fingerprint density at radius 3 is 2.58 bits per heavy atom. The van der Waals surface area contributed by atoms with Gasteiger partial charge in [0.2, 0.25) is 0 Å². The van der Waals surface area contributed by atoms with Gasteiger partial charge in [-0.05, 0) is 30.9 Å². The van der Waals surface area contributed by atoms with E-state index in [0.717, 1.165) is 19.3 Å². The first-order valence-electron chi connectivity index (χ1n) is 6.68. The second kappa shape index (κ2) is 7.34. The van der Waals surface area contributed by atoms with Crippen LogP contribution in [0.4, 0.5) is 11.4 Å². The minimum absolute atomic E-state index is 0.0759. The number of halogens is 1. The van der Waals surface area contributed by atoms with Crippen molar-refractivity contribution in [2.45, 2.75) is 46.1 Å². The quantitative estimate of drug-likeness (QED) is 0.574. The third-order valence-electron chi connectivity index (χ3n) is 3.39. The maximum absolute atomic E-state index is 11.0. The zero-order valence-electron chi connectivity index (χ0n) is 11.6. The molecule has 0 amide bonds. The van der Waals surface area contributed by atoms with E-state index in [0.29, 0.717) is 16.6 Å². The minimum atomic E-state index is -0.380. The third-order valence-corrected chi connectivity index (χ3v) is 3.63. The summed E-state index contributed by atoms with van der Waals surface area (Å²) in [5.41, 5.74) is 0.583. The number of nitrogens with one attached hydrogen (secondary N) is 1. The number of benzene rings is 1. The summed E-state index contributed by atoms with van der Waals surface area (Å²) < 4.78 is 0. The van der Waals surface area contributed by atoms with Gasteiger partial charge in [-0.25, -0.2) is 0 Å². The molecular formula is C14H21ClN2O2. The number of hydrogen-bond donors (Lipinski definition) is 1. The highest BCUT2D eigenvalue weighted by molar-refractivity contribution is 6.31. The molecule has 1 N–H and O–H groups in total. The number of nitro groups is 1. The molecule has 1 rings (SSSR count). The van der Waals surface area contributed by atoms with Gasteiger partial charge < -0.3 is 5.32 Å². The minimum Gasteiger partial charge on any atom is -0.377 e. The van der Waals surface area contributed by atoms with E-state index in [1.54, 1.807) is 12.1 Å². The summed E-state index contributed by atoms with van der Waals surface area (Å²) in [4.78, 5) is 10.6. The van der Waals surface area contributed by atoms with Crippen LogP contribution in [0, 0.1) is 16.0 Å². The average Bonchev–Trinajstić information content (AvgIpc) is 2.37. The van der Waals surface area contributed by atoms with Crippen LogP contribution in [0.15, 0.2) is 18.2 Å². The Morgan fingerprint density at radius 2 is 2.05 bits per heavy atom. The van der Waals surface area contributed by atoms with Gasteiger partial charge in [0.15, 0.2) is 0 Å². The molecular weight excluding hydrogens is 264 g/mol. The second-order valence-electron chi connectivity index (χ2n) is 4.92. The Morgan fingerprint density at radius 1 is 1.37 bits per heavy atom. The molecule has 0 saturated carbocycles. The van der Waals surface area contributed by atoms with E-state index in [4.69, 9.17) is 11.6 Å². The maximum Gasteiger partial charge on any atom is 0.292 e. The van der Waals surface area contributed by atoms with Gasteiger partial charge in [0.05, 0.1) is 4.92 Å². The number of nitro benzene ring substituents is 1. The summed E-state index contributed by atoms with van der Waals surface area (Å²) in [7, 11) is 0. The first kappa shape index (κ1) is 15.8. The number of nitrogens with zero attached hydrogens (tertiary/aromatic N) is 1. The van der Waals surface area contributed by atoms with E-state index in [1.165, 1.54) is 6.07 Å². The van der Waals surface area contributed by atoms with Crippen molar-refractivity contribution >= 4 is 23.0 Å². The fourth-order valence-corrected chi connectivity index (χ4v) is 2.16. The molecule has 0 aliphatic rings. The SMILES string of the molecule is CCC(C)CC(CC)Nc1cc(Cl)ccc1[N+](=O)[O-]. The summed E-state index contributed by atoms with van der Waals surface area (Å²) in [5, 5.41) is 14.8. The zero-order valence-corrected chi connectivity index (χ0v) is 12.4. The first-order chi connectivity index (χ1) is 8.97. The largest absolute Gasteiger partial charge is 0.377 e. The Hall–Kier alpha value is -1.29. The van der Waals surface area contributed by atoms with Crippen molar-refractivity contribution in [1.82, 2.24) is 0 Å². The van der Waals surface area contributed by atoms with Crippen LogP contribution in [0.3, 0.4) is 0 Å². The molecule has 0 bridgehead atoms. The Bertz CT molecular complexity index is 437. The average molecular weight is 285 g/mol. The molecule has 0 aliphatic carbocycles. The molecule has 1 aromatic carbocycles. The molecule has 0 radical (unpaired) electrons. The molecule has 0 aliphatic heterocycles. The van der Waals surface area contributed by atoms with Crippen molar-refractivity contribution < 1.29 is 4.92 Å². The molecule has 2 atom stereocenters. The maximum atomic E-state index is 11.0. The van der Waals surface area contributed by atoms with Crippen molar-refractivity contribution in [2.24, 2.45) is 5.92 Å². The summed E-state index contributed by atoms with van der Waals surface area (Å²) in [6.45, 7) is 6.42. The van der Waals surface area contributed by atoms with E-state index in [2.05, 4.69) is 26.1 Å². The molecule has 0 aromatic heterocycles. The summed E-state index contributed by atoms with van der Waals surface area (Å²) in [6, 6.07) is 4.84. The van der Waals surface area contributed by atoms with Crippen LogP contribution in [-0.4, -0.2) is 11.0 Å².